The highest BCUT2D eigenvalue weighted by Gasteiger charge is 2.71. The summed E-state index contributed by atoms with van der Waals surface area (Å²) >= 11 is 6.85. The van der Waals surface area contributed by atoms with E-state index in [9.17, 15) is 24.3 Å². The van der Waals surface area contributed by atoms with Crippen LogP contribution in [0.2, 0.25) is 0 Å². The van der Waals surface area contributed by atoms with Crippen molar-refractivity contribution in [3.05, 3.63) is 97.9 Å². The second-order valence-electron chi connectivity index (χ2n) is 10.8. The summed E-state index contributed by atoms with van der Waals surface area (Å²) < 4.78 is 7.60. The number of carboxylic acids is 1. The Balaban J connectivity index is 1.61. The van der Waals surface area contributed by atoms with Crippen LogP contribution in [-0.4, -0.2) is 34.2 Å². The van der Waals surface area contributed by atoms with Crippen LogP contribution in [0.4, 0.5) is 5.69 Å². The number of anilines is 1. The first kappa shape index (κ1) is 27.4. The normalized spacial score (nSPS) is 21.7. The Kier molecular flexibility index (Phi) is 6.89. The van der Waals surface area contributed by atoms with Gasteiger partial charge in [0.05, 0.1) is 12.0 Å². The Bertz CT molecular complexity index is 1490. The molecular weight excluding hydrogens is 630 g/mol. The third-order valence-electron chi connectivity index (χ3n) is 7.39. The molecule has 200 valence electrons. The number of hydrogen-bond donors (Lipinski definition) is 2. The van der Waals surface area contributed by atoms with Gasteiger partial charge in [0.2, 0.25) is 23.1 Å². The number of amides is 1. The van der Waals surface area contributed by atoms with Crippen LogP contribution in [0.15, 0.2) is 75.7 Å². The lowest BCUT2D eigenvalue weighted by Crippen LogP contribution is -2.52. The highest BCUT2D eigenvalue weighted by molar-refractivity contribution is 9.13. The fourth-order valence-electron chi connectivity index (χ4n) is 5.41. The van der Waals surface area contributed by atoms with Crippen molar-refractivity contribution >= 4 is 61.0 Å². The molecule has 3 aromatic carbocycles. The van der Waals surface area contributed by atoms with E-state index in [2.05, 4.69) is 57.9 Å². The van der Waals surface area contributed by atoms with Gasteiger partial charge in [-0.25, -0.2) is 0 Å². The SMILES string of the molecule is CC(C)(C)c1ccc(NC(=O)C2C(c3ccc(Br)c(Br)c3)OC3(C(=O)c4ccccc4C3=O)C2C(=O)O)cc1. The lowest BCUT2D eigenvalue weighted by molar-refractivity contribution is -0.147. The van der Waals surface area contributed by atoms with Crippen LogP contribution in [0, 0.1) is 11.8 Å². The summed E-state index contributed by atoms with van der Waals surface area (Å²) in [5.41, 5.74) is -0.316. The molecule has 2 N–H and O–H groups in total. The average molecular weight is 655 g/mol. The van der Waals surface area contributed by atoms with Gasteiger partial charge in [-0.05, 0) is 72.7 Å². The number of carboxylic acid groups (broad SMARTS) is 1. The summed E-state index contributed by atoms with van der Waals surface area (Å²) in [6, 6.07) is 18.5. The number of halogens is 2. The van der Waals surface area contributed by atoms with E-state index in [0.717, 1.165) is 10.0 Å². The Morgan fingerprint density at radius 2 is 1.49 bits per heavy atom. The maximum atomic E-state index is 13.9. The third-order valence-corrected chi connectivity index (χ3v) is 9.27. The van der Waals surface area contributed by atoms with Crippen LogP contribution in [0.1, 0.15) is 58.7 Å². The molecule has 3 aromatic rings. The van der Waals surface area contributed by atoms with Gasteiger partial charge in [-0.15, -0.1) is 0 Å². The highest BCUT2D eigenvalue weighted by Crippen LogP contribution is 2.54. The molecule has 0 aromatic heterocycles. The van der Waals surface area contributed by atoms with E-state index < -0.39 is 47.0 Å². The molecule has 1 aliphatic heterocycles. The number of rotatable bonds is 4. The fourth-order valence-corrected chi connectivity index (χ4v) is 6.05. The van der Waals surface area contributed by atoms with Crippen molar-refractivity contribution in [3.63, 3.8) is 0 Å². The lowest BCUT2D eigenvalue weighted by atomic mass is 9.75. The third kappa shape index (κ3) is 4.46. The zero-order chi connectivity index (χ0) is 28.3. The van der Waals surface area contributed by atoms with Gasteiger partial charge in [-0.2, -0.15) is 0 Å². The van der Waals surface area contributed by atoms with E-state index in [1.54, 1.807) is 42.5 Å². The lowest BCUT2D eigenvalue weighted by Gasteiger charge is -2.25. The van der Waals surface area contributed by atoms with E-state index in [0.29, 0.717) is 15.7 Å². The number of Topliss-reactive ketones (excluding diaryl/α,β-unsaturated/α-hetero) is 2. The van der Waals surface area contributed by atoms with E-state index in [-0.39, 0.29) is 16.5 Å². The van der Waals surface area contributed by atoms with Gasteiger partial charge in [0, 0.05) is 25.8 Å². The molecule has 1 heterocycles. The zero-order valence-electron chi connectivity index (χ0n) is 21.3. The first-order valence-electron chi connectivity index (χ1n) is 12.3. The van der Waals surface area contributed by atoms with Crippen LogP contribution in [0.5, 0.6) is 0 Å². The van der Waals surface area contributed by atoms with Gasteiger partial charge in [0.15, 0.2) is 0 Å². The molecule has 1 amide bonds. The molecule has 1 aliphatic carbocycles. The number of ether oxygens (including phenoxy) is 1. The van der Waals surface area contributed by atoms with Gasteiger partial charge >= 0.3 is 5.97 Å². The molecule has 1 saturated heterocycles. The van der Waals surface area contributed by atoms with Crippen LogP contribution in [-0.2, 0) is 19.7 Å². The Morgan fingerprint density at radius 3 is 2.00 bits per heavy atom. The number of hydrogen-bond acceptors (Lipinski definition) is 5. The summed E-state index contributed by atoms with van der Waals surface area (Å²) in [6.45, 7) is 6.21. The first-order valence-corrected chi connectivity index (χ1v) is 13.9. The smallest absolute Gasteiger partial charge is 0.311 e. The number of aliphatic carboxylic acids is 1. The van der Waals surface area contributed by atoms with E-state index in [4.69, 9.17) is 4.74 Å². The van der Waals surface area contributed by atoms with Crippen LogP contribution in [0.3, 0.4) is 0 Å². The average Bonchev–Trinajstić information content (AvgIpc) is 3.36. The number of ketones is 2. The first-order chi connectivity index (χ1) is 18.4. The highest BCUT2D eigenvalue weighted by atomic mass is 79.9. The summed E-state index contributed by atoms with van der Waals surface area (Å²) in [6.07, 6.45) is -1.19. The predicted octanol–water partition coefficient (Wildman–Crippen LogP) is 6.35. The number of nitrogens with one attached hydrogen (secondary N) is 1. The second kappa shape index (κ2) is 9.80. The topological polar surface area (TPSA) is 110 Å². The summed E-state index contributed by atoms with van der Waals surface area (Å²) in [5, 5.41) is 13.3. The second-order valence-corrected chi connectivity index (χ2v) is 12.5. The summed E-state index contributed by atoms with van der Waals surface area (Å²) in [7, 11) is 0. The molecule has 2 aliphatic rings. The monoisotopic (exact) mass is 653 g/mol. The summed E-state index contributed by atoms with van der Waals surface area (Å²) in [4.78, 5) is 54.2. The summed E-state index contributed by atoms with van der Waals surface area (Å²) in [5.74, 6) is -6.77. The van der Waals surface area contributed by atoms with Crippen LogP contribution in [0.25, 0.3) is 0 Å². The van der Waals surface area contributed by atoms with Gasteiger partial charge in [-0.1, -0.05) is 63.2 Å². The van der Waals surface area contributed by atoms with Gasteiger partial charge < -0.3 is 15.2 Å². The van der Waals surface area contributed by atoms with Crippen molar-refractivity contribution in [2.24, 2.45) is 11.8 Å². The molecule has 1 spiro atoms. The van der Waals surface area contributed by atoms with Crippen molar-refractivity contribution in [2.45, 2.75) is 37.9 Å². The maximum absolute atomic E-state index is 13.9. The number of carbonyl (C=O) groups excluding carboxylic acids is 3. The number of fused-ring (bicyclic) bond motifs is 1. The Morgan fingerprint density at radius 1 is 0.897 bits per heavy atom. The molecule has 3 atom stereocenters. The molecule has 5 rings (SSSR count). The van der Waals surface area contributed by atoms with E-state index in [1.807, 2.05) is 12.1 Å². The zero-order valence-corrected chi connectivity index (χ0v) is 24.5. The molecular formula is C30H25Br2NO6. The standard InChI is InChI=1S/C30H25Br2NO6/c1-29(2,3)16-9-11-17(12-10-16)33-27(36)22-23(28(37)38)30(25(34)18-6-4-5-7-19(18)26(30)35)39-24(22)15-8-13-20(31)21(32)14-15/h4-14,22-24H,1-3H3,(H,33,36)(H,37,38). The van der Waals surface area contributed by atoms with Crippen molar-refractivity contribution in [3.8, 4) is 0 Å². The maximum Gasteiger partial charge on any atom is 0.311 e. The van der Waals surface area contributed by atoms with Crippen molar-refractivity contribution < 1.29 is 29.0 Å². The van der Waals surface area contributed by atoms with E-state index in [1.165, 1.54) is 12.1 Å². The largest absolute Gasteiger partial charge is 0.481 e. The quantitative estimate of drug-likeness (QED) is 0.317. The van der Waals surface area contributed by atoms with Crippen molar-refractivity contribution in [1.82, 2.24) is 0 Å². The Labute approximate surface area is 242 Å². The minimum atomic E-state index is -2.36. The number of benzene rings is 3. The minimum absolute atomic E-state index is 0.0864. The van der Waals surface area contributed by atoms with E-state index >= 15 is 0 Å². The number of carbonyl (C=O) groups is 4. The van der Waals surface area contributed by atoms with Crippen LogP contribution < -0.4 is 5.32 Å². The molecule has 0 bridgehead atoms. The molecule has 7 nitrogen and oxygen atoms in total. The van der Waals surface area contributed by atoms with Crippen molar-refractivity contribution in [1.29, 1.82) is 0 Å². The Hall–Kier alpha value is -3.14. The molecule has 3 unspecified atom stereocenters. The molecule has 39 heavy (non-hydrogen) atoms. The van der Waals surface area contributed by atoms with Gasteiger partial charge in [0.25, 0.3) is 0 Å². The molecule has 0 saturated carbocycles. The van der Waals surface area contributed by atoms with Crippen molar-refractivity contribution in [2.75, 3.05) is 5.32 Å². The van der Waals surface area contributed by atoms with Gasteiger partial charge in [-0.3, -0.25) is 19.2 Å². The van der Waals surface area contributed by atoms with Crippen LogP contribution >= 0.6 is 31.9 Å². The predicted molar refractivity (Wildman–Crippen MR) is 152 cm³/mol. The van der Waals surface area contributed by atoms with Gasteiger partial charge in [0.1, 0.15) is 5.92 Å². The fraction of sp³-hybridized carbons (Fsp3) is 0.267. The molecule has 0 radical (unpaired) electrons. The molecule has 9 heteroatoms. The minimum Gasteiger partial charge on any atom is -0.481 e. The molecule has 1 fully saturated rings.